The fourth-order valence-corrected chi connectivity index (χ4v) is 8.77. The van der Waals surface area contributed by atoms with E-state index in [9.17, 15) is 9.36 Å². The minimum atomic E-state index is -3.22. The summed E-state index contributed by atoms with van der Waals surface area (Å²) in [7, 11) is 4.32. The van der Waals surface area contributed by atoms with Crippen LogP contribution in [0, 0.1) is 0 Å². The summed E-state index contributed by atoms with van der Waals surface area (Å²) in [5, 5.41) is 3.07. The van der Waals surface area contributed by atoms with Crippen LogP contribution in [-0.2, 0) is 4.57 Å². The largest absolute Gasteiger partial charge is 0.353 e. The van der Waals surface area contributed by atoms with Crippen LogP contribution in [-0.4, -0.2) is 106 Å². The van der Waals surface area contributed by atoms with Crippen LogP contribution in [0.5, 0.6) is 0 Å². The van der Waals surface area contributed by atoms with Gasteiger partial charge in [-0.3, -0.25) is 9.36 Å². The van der Waals surface area contributed by atoms with Crippen molar-refractivity contribution in [2.45, 2.75) is 0 Å². The highest BCUT2D eigenvalue weighted by molar-refractivity contribution is 9.11. The van der Waals surface area contributed by atoms with Gasteiger partial charge in [-0.1, -0.05) is 150 Å². The van der Waals surface area contributed by atoms with Gasteiger partial charge in [0.1, 0.15) is 16.8 Å². The van der Waals surface area contributed by atoms with Crippen LogP contribution >= 0.6 is 98.3 Å². The van der Waals surface area contributed by atoms with Crippen molar-refractivity contribution in [1.29, 1.82) is 0 Å². The maximum absolute atomic E-state index is 12.0. The first-order valence-electron chi connectivity index (χ1n) is 22.6. The molecule has 2 N–H and O–H groups in total. The fraction of sp³-hybridized carbons (Fsp3) is 0.192. The molecule has 12 nitrogen and oxygen atoms in total. The predicted molar refractivity (Wildman–Crippen MR) is 311 cm³/mol. The van der Waals surface area contributed by atoms with E-state index in [0.717, 1.165) is 103 Å². The third-order valence-electron chi connectivity index (χ3n) is 11.2. The number of benzene rings is 6. The third-order valence-corrected chi connectivity index (χ3v) is 12.9. The molecule has 3 aromatic heterocycles. The zero-order valence-corrected chi connectivity index (χ0v) is 47.7. The minimum Gasteiger partial charge on any atom is -0.353 e. The minimum absolute atomic E-state index is 0.125. The average Bonchev–Trinajstić information content (AvgIpc) is 3.38. The number of hydrogen-bond acceptors (Lipinski definition) is 11. The van der Waals surface area contributed by atoms with Crippen LogP contribution in [0.4, 0.5) is 5.82 Å². The van der Waals surface area contributed by atoms with Crippen LogP contribution in [0.25, 0.3) is 66.9 Å². The lowest BCUT2D eigenvalue weighted by Crippen LogP contribution is -2.45. The highest BCUT2D eigenvalue weighted by Crippen LogP contribution is 2.61. The summed E-state index contributed by atoms with van der Waals surface area (Å²) in [6, 6.07) is 47.1. The maximum atomic E-state index is 12.0. The van der Waals surface area contributed by atoms with Gasteiger partial charge in [0.05, 0.1) is 21.9 Å². The molecule has 0 unspecified atom stereocenters. The molecule has 0 spiro atoms. The molecule has 2 saturated heterocycles. The van der Waals surface area contributed by atoms with Gasteiger partial charge in [0.15, 0.2) is 11.6 Å². The molecule has 20 heteroatoms. The molecule has 0 atom stereocenters. The van der Waals surface area contributed by atoms with E-state index in [1.807, 2.05) is 115 Å². The first-order valence-corrected chi connectivity index (χ1v) is 29.7. The van der Waals surface area contributed by atoms with E-state index in [-0.39, 0.29) is 5.56 Å². The molecule has 0 aliphatic carbocycles. The Bertz CT molecular complexity index is 3330. The number of hydrogen-bond donors (Lipinski definition) is 2. The Morgan fingerprint density at radius 3 is 1.42 bits per heavy atom. The van der Waals surface area contributed by atoms with Crippen molar-refractivity contribution in [3.05, 3.63) is 175 Å². The molecule has 6 aromatic carbocycles. The Hall–Kier alpha value is -4.35. The summed E-state index contributed by atoms with van der Waals surface area (Å²) >= 11 is 30.4. The van der Waals surface area contributed by atoms with E-state index in [0.29, 0.717) is 27.7 Å². The van der Waals surface area contributed by atoms with E-state index in [4.69, 9.17) is 21.6 Å². The van der Waals surface area contributed by atoms with Gasteiger partial charge >= 0.3 is 5.20 Å². The van der Waals surface area contributed by atoms with Crippen LogP contribution < -0.4 is 15.8 Å². The van der Waals surface area contributed by atoms with Crippen molar-refractivity contribution >= 4 is 137 Å². The lowest BCUT2D eigenvalue weighted by Gasteiger charge is -2.34. The summed E-state index contributed by atoms with van der Waals surface area (Å²) in [6.45, 7) is 8.83. The molecule has 2 aliphatic rings. The smallest absolute Gasteiger partial charge is 0.339 e. The molecule has 72 heavy (non-hydrogen) atoms. The molecule has 5 heterocycles. The first-order chi connectivity index (χ1) is 34.6. The number of aromatic nitrogens is 6. The Labute approximate surface area is 462 Å². The Kier molecular flexibility index (Phi) is 20.6. The van der Waals surface area contributed by atoms with Gasteiger partial charge in [0.25, 0.3) is 5.56 Å². The van der Waals surface area contributed by atoms with E-state index in [1.54, 1.807) is 6.07 Å². The zero-order chi connectivity index (χ0) is 51.2. The molecule has 0 bridgehead atoms. The number of likely N-dealkylation sites (N-methyl/N-ethyl adjacent to an activating group) is 2. The predicted octanol–water partition coefficient (Wildman–Crippen LogP) is 14.2. The number of nitrogens with zero attached hydrogens (tertiary/aromatic N) is 8. The van der Waals surface area contributed by atoms with Gasteiger partial charge in [0.2, 0.25) is 0 Å². The summed E-state index contributed by atoms with van der Waals surface area (Å²) < 4.78 is 12.4. The normalized spacial score (nSPS) is 13.9. The molecule has 0 saturated carbocycles. The lowest BCUT2D eigenvalue weighted by atomic mass is 10.1. The van der Waals surface area contributed by atoms with E-state index in [1.165, 1.54) is 13.1 Å². The number of aromatic amines is 1. The SMILES string of the molecule is CN1CCN(c2nc(-c3ccccc3)nc3ccc(Br)cc23)CC1.CN1CCNCC1.Clc1nc(-c2ccccc2)nc2ccc(Br)cc12.O=P(Cl)(Cl)Cl.O=c1[nH]c(-c2ccccc2)nc2ccc(Br)cc12. The van der Waals surface area contributed by atoms with Crippen molar-refractivity contribution < 1.29 is 4.57 Å². The number of nitrogens with one attached hydrogen (secondary N) is 2. The van der Waals surface area contributed by atoms with Gasteiger partial charge in [-0.25, -0.2) is 24.9 Å². The first kappa shape index (κ1) is 55.4. The van der Waals surface area contributed by atoms with Crippen molar-refractivity contribution in [1.82, 2.24) is 45.0 Å². The summed E-state index contributed by atoms with van der Waals surface area (Å²) in [5.74, 6) is 3.07. The number of fused-ring (bicyclic) bond motifs is 3. The van der Waals surface area contributed by atoms with Gasteiger partial charge in [-0.2, -0.15) is 0 Å². The molecule has 11 rings (SSSR count). The second-order valence-corrected chi connectivity index (χ2v) is 26.2. The van der Waals surface area contributed by atoms with Crippen LogP contribution in [0.3, 0.4) is 0 Å². The summed E-state index contributed by atoms with van der Waals surface area (Å²) in [4.78, 5) is 45.0. The zero-order valence-electron chi connectivity index (χ0n) is 39.0. The molecular formula is C52H48Br3Cl4N10O2P. The van der Waals surface area contributed by atoms with Crippen molar-refractivity contribution in [2.75, 3.05) is 71.4 Å². The Morgan fingerprint density at radius 2 is 0.931 bits per heavy atom. The third kappa shape index (κ3) is 16.6. The van der Waals surface area contributed by atoms with Gasteiger partial charge in [-0.15, -0.1) is 0 Å². The molecule has 2 fully saturated rings. The summed E-state index contributed by atoms with van der Waals surface area (Å²) in [5.41, 5.74) is 5.32. The van der Waals surface area contributed by atoms with Crippen LogP contribution in [0.1, 0.15) is 0 Å². The monoisotopic (exact) mass is 1250 g/mol. The number of anilines is 1. The number of halogens is 7. The number of H-pyrrole nitrogens is 1. The number of rotatable bonds is 4. The maximum Gasteiger partial charge on any atom is 0.339 e. The quantitative estimate of drug-likeness (QED) is 0.129. The molecule has 2 aliphatic heterocycles. The highest BCUT2D eigenvalue weighted by Gasteiger charge is 2.20. The Balaban J connectivity index is 0.000000143. The van der Waals surface area contributed by atoms with Gasteiger partial charge in [0, 0.05) is 93.2 Å². The highest BCUT2D eigenvalue weighted by atomic mass is 79.9. The van der Waals surface area contributed by atoms with Crippen molar-refractivity contribution in [3.8, 4) is 34.2 Å². The van der Waals surface area contributed by atoms with Crippen molar-refractivity contribution in [2.24, 2.45) is 0 Å². The van der Waals surface area contributed by atoms with Crippen LogP contribution in [0.2, 0.25) is 5.15 Å². The number of piperazine rings is 2. The summed E-state index contributed by atoms with van der Waals surface area (Å²) in [6.07, 6.45) is 0. The fourth-order valence-electron chi connectivity index (χ4n) is 7.46. The van der Waals surface area contributed by atoms with E-state index in [2.05, 4.69) is 160 Å². The van der Waals surface area contributed by atoms with Gasteiger partial charge in [-0.05, 0) is 102 Å². The second-order valence-electron chi connectivity index (χ2n) is 16.4. The average molecular weight is 1260 g/mol. The van der Waals surface area contributed by atoms with Crippen molar-refractivity contribution in [3.63, 3.8) is 0 Å². The molecule has 9 aromatic rings. The topological polar surface area (TPSA) is 136 Å². The van der Waals surface area contributed by atoms with E-state index >= 15 is 0 Å². The Morgan fingerprint density at radius 1 is 0.514 bits per heavy atom. The second kappa shape index (κ2) is 26.7. The standard InChI is InChI=1S/C19H19BrN4.C14H8BrClN2.C14H9BrN2O.C5H12N2.Cl3OP/c1-23-9-11-24(12-10-23)19-16-13-15(20)7-8-17(16)21-18(22-19)14-5-3-2-4-6-14;15-10-6-7-12-11(8-10)13(16)18-14(17-12)9-4-2-1-3-5-9;15-10-6-7-12-11(8-10)14(18)17-13(16-12)9-4-2-1-3-5-9;1-7-4-2-6-3-5-7;1-5(2,3)4/h2-8,13H,9-12H2,1H3;1-8H;1-8H,(H,16,17,18);6H,2-5H2,1H3;. The van der Waals surface area contributed by atoms with Gasteiger partial charge < -0.3 is 25.0 Å². The molecule has 0 amide bonds. The molecular weight excluding hydrogens is 1210 g/mol. The molecule has 0 radical (unpaired) electrons. The molecule has 372 valence electrons. The lowest BCUT2D eigenvalue weighted by molar-refractivity contribution is 0.291. The van der Waals surface area contributed by atoms with Crippen LogP contribution in [0.15, 0.2) is 164 Å². The van der Waals surface area contributed by atoms with E-state index < -0.39 is 5.20 Å².